The molecule has 2 aliphatic heterocycles. The molecule has 10 nitrogen and oxygen atoms in total. The minimum atomic E-state index is -1.97. The molecular formula is C31H34FN3O7S. The van der Waals surface area contributed by atoms with Crippen LogP contribution in [-0.4, -0.2) is 55.3 Å². The van der Waals surface area contributed by atoms with E-state index in [1.807, 2.05) is 13.8 Å². The predicted octanol–water partition coefficient (Wildman–Crippen LogP) is 2.80. The van der Waals surface area contributed by atoms with E-state index in [1.165, 1.54) is 10.6 Å². The van der Waals surface area contributed by atoms with Crippen molar-refractivity contribution in [3.8, 4) is 11.4 Å². The number of hydrogen-bond acceptors (Lipinski definition) is 8. The number of aryl methyl sites for hydroxylation is 1. The van der Waals surface area contributed by atoms with Gasteiger partial charge in [-0.25, -0.2) is 14.2 Å². The van der Waals surface area contributed by atoms with Gasteiger partial charge in [0.1, 0.15) is 18.2 Å². The first-order chi connectivity index (χ1) is 20.4. The lowest BCUT2D eigenvalue weighted by molar-refractivity contribution is -0.172. The second kappa shape index (κ2) is 11.0. The highest BCUT2D eigenvalue weighted by atomic mass is 32.2. The zero-order chi connectivity index (χ0) is 30.8. The van der Waals surface area contributed by atoms with Gasteiger partial charge in [-0.1, -0.05) is 6.92 Å². The molecule has 0 fully saturated rings. The van der Waals surface area contributed by atoms with E-state index >= 15 is 4.39 Å². The average Bonchev–Trinajstić information content (AvgIpc) is 3.32. The minimum absolute atomic E-state index is 0.00332. The van der Waals surface area contributed by atoms with Gasteiger partial charge < -0.3 is 29.0 Å². The van der Waals surface area contributed by atoms with Crippen molar-refractivity contribution < 1.29 is 33.1 Å². The van der Waals surface area contributed by atoms with E-state index in [0.717, 1.165) is 16.5 Å². The fourth-order valence-corrected chi connectivity index (χ4v) is 7.33. The van der Waals surface area contributed by atoms with Crippen molar-refractivity contribution in [2.75, 3.05) is 18.1 Å². The summed E-state index contributed by atoms with van der Waals surface area (Å²) in [5.74, 6) is -1.53. The number of aromatic nitrogens is 2. The monoisotopic (exact) mass is 611 g/mol. The minimum Gasteiger partial charge on any atom is -0.616 e. The fourth-order valence-electron chi connectivity index (χ4n) is 6.53. The number of aliphatic hydroxyl groups is 1. The van der Waals surface area contributed by atoms with Crippen LogP contribution in [0.4, 0.5) is 4.39 Å². The van der Waals surface area contributed by atoms with Crippen molar-refractivity contribution in [3.05, 3.63) is 61.7 Å². The number of amides is 1. The summed E-state index contributed by atoms with van der Waals surface area (Å²) in [7, 11) is 0. The Hall–Kier alpha value is -3.32. The Morgan fingerprint density at radius 3 is 2.81 bits per heavy atom. The second-order valence-electron chi connectivity index (χ2n) is 11.7. The Labute approximate surface area is 250 Å². The molecule has 1 amide bonds. The Kier molecular flexibility index (Phi) is 7.60. The maximum Gasteiger partial charge on any atom is 0.343 e. The SMILES string of the molecule is CC[C@@]1(O)C(=O)OCc2c1cc1n(c2=O)Cc2c-1nc1cc(F)c(C)c3c1c2[C@@H](NC(=O)C[S+]([O-])CCOC(C)C)CC3. The summed E-state index contributed by atoms with van der Waals surface area (Å²) < 4.78 is 39.8. The van der Waals surface area contributed by atoms with Crippen LogP contribution in [0.3, 0.4) is 0 Å². The number of hydrogen-bond donors (Lipinski definition) is 2. The first-order valence-corrected chi connectivity index (χ1v) is 16.0. The van der Waals surface area contributed by atoms with E-state index in [1.54, 1.807) is 19.9 Å². The molecule has 2 aromatic heterocycles. The molecule has 4 heterocycles. The van der Waals surface area contributed by atoms with Gasteiger partial charge in [0.2, 0.25) is 0 Å². The van der Waals surface area contributed by atoms with Crippen LogP contribution < -0.4 is 10.9 Å². The van der Waals surface area contributed by atoms with Crippen molar-refractivity contribution >= 4 is 34.0 Å². The van der Waals surface area contributed by atoms with E-state index < -0.39 is 40.2 Å². The van der Waals surface area contributed by atoms with Crippen LogP contribution in [0.25, 0.3) is 22.3 Å². The summed E-state index contributed by atoms with van der Waals surface area (Å²) in [6, 6.07) is 2.50. The summed E-state index contributed by atoms with van der Waals surface area (Å²) >= 11 is -1.42. The summed E-state index contributed by atoms with van der Waals surface area (Å²) in [4.78, 5) is 44.2. The van der Waals surface area contributed by atoms with E-state index in [-0.39, 0.29) is 54.2 Å². The number of carbonyl (C=O) groups excluding carboxylic acids is 2. The Bertz CT molecular complexity index is 1740. The van der Waals surface area contributed by atoms with E-state index in [9.17, 15) is 24.0 Å². The van der Waals surface area contributed by atoms with Gasteiger partial charge in [-0.3, -0.25) is 9.59 Å². The van der Waals surface area contributed by atoms with Gasteiger partial charge in [0.15, 0.2) is 11.4 Å². The second-order valence-corrected chi connectivity index (χ2v) is 13.3. The van der Waals surface area contributed by atoms with Gasteiger partial charge >= 0.3 is 5.97 Å². The first kappa shape index (κ1) is 29.7. The maximum absolute atomic E-state index is 15.1. The van der Waals surface area contributed by atoms with Gasteiger partial charge in [0.05, 0.1) is 47.8 Å². The Morgan fingerprint density at radius 2 is 2.09 bits per heavy atom. The fraction of sp³-hybridized carbons (Fsp3) is 0.484. The number of ether oxygens (including phenoxy) is 2. The molecule has 3 aliphatic rings. The maximum atomic E-state index is 15.1. The number of halogens is 1. The number of nitrogens with one attached hydrogen (secondary N) is 1. The summed E-state index contributed by atoms with van der Waals surface area (Å²) in [5.41, 5.74) is 2.04. The number of fused-ring (bicyclic) bond motifs is 5. The van der Waals surface area contributed by atoms with Crippen molar-refractivity contribution in [2.24, 2.45) is 0 Å². The Morgan fingerprint density at radius 1 is 1.33 bits per heavy atom. The highest BCUT2D eigenvalue weighted by molar-refractivity contribution is 7.92. The highest BCUT2D eigenvalue weighted by Crippen LogP contribution is 2.45. The normalized spacial score (nSPS) is 20.9. The molecule has 6 rings (SSSR count). The molecule has 1 aromatic carbocycles. The first-order valence-electron chi connectivity index (χ1n) is 14.5. The number of nitrogens with zero attached hydrogens (tertiary/aromatic N) is 2. The zero-order valence-corrected chi connectivity index (χ0v) is 25.4. The molecule has 0 saturated heterocycles. The molecule has 0 radical (unpaired) electrons. The number of esters is 1. The molecule has 0 bridgehead atoms. The molecular weight excluding hydrogens is 577 g/mol. The summed E-state index contributed by atoms with van der Waals surface area (Å²) in [6.45, 7) is 7.31. The highest BCUT2D eigenvalue weighted by Gasteiger charge is 2.46. The predicted molar refractivity (Wildman–Crippen MR) is 157 cm³/mol. The largest absolute Gasteiger partial charge is 0.616 e. The van der Waals surface area contributed by atoms with Crippen LogP contribution in [0.1, 0.15) is 73.0 Å². The number of rotatable bonds is 8. The molecule has 3 aromatic rings. The lowest BCUT2D eigenvalue weighted by Crippen LogP contribution is -2.44. The third-order valence-electron chi connectivity index (χ3n) is 8.77. The van der Waals surface area contributed by atoms with E-state index in [4.69, 9.17) is 14.5 Å². The quantitative estimate of drug-likeness (QED) is 0.229. The van der Waals surface area contributed by atoms with Crippen molar-refractivity contribution in [3.63, 3.8) is 0 Å². The van der Waals surface area contributed by atoms with Crippen molar-refractivity contribution in [2.45, 2.75) is 77.9 Å². The molecule has 12 heteroatoms. The van der Waals surface area contributed by atoms with E-state index in [2.05, 4.69) is 5.32 Å². The van der Waals surface area contributed by atoms with Gasteiger partial charge in [-0.05, 0) is 74.0 Å². The molecule has 43 heavy (non-hydrogen) atoms. The zero-order valence-electron chi connectivity index (χ0n) is 24.5. The van der Waals surface area contributed by atoms with Crippen molar-refractivity contribution in [1.82, 2.24) is 14.9 Å². The summed E-state index contributed by atoms with van der Waals surface area (Å²) in [5, 5.41) is 15.0. The molecule has 0 spiro atoms. The lowest BCUT2D eigenvalue weighted by Gasteiger charge is -2.31. The van der Waals surface area contributed by atoms with Crippen LogP contribution >= 0.6 is 0 Å². The topological polar surface area (TPSA) is 143 Å². The average molecular weight is 612 g/mol. The molecule has 228 valence electrons. The molecule has 3 atom stereocenters. The van der Waals surface area contributed by atoms with Crippen LogP contribution in [0.15, 0.2) is 16.9 Å². The van der Waals surface area contributed by atoms with Gasteiger partial charge in [-0.2, -0.15) is 0 Å². The van der Waals surface area contributed by atoms with Crippen LogP contribution in [-0.2, 0) is 55.4 Å². The Balaban J connectivity index is 1.45. The van der Waals surface area contributed by atoms with Crippen LogP contribution in [0.2, 0.25) is 0 Å². The van der Waals surface area contributed by atoms with Crippen LogP contribution in [0.5, 0.6) is 0 Å². The standard InChI is InChI=1S/C31H34FN3O7S/c1-5-31(39)20-10-24-28-18(12-35(24)29(37)19(20)13-42-30(31)38)27-22(33-25(36)14-43(40)9-8-41-15(2)3)7-6-17-16(4)21(32)11-23(34-28)26(17)27/h10-11,15,22,39H,5-9,12-14H2,1-4H3,(H,33,36)/t22-,31-,43?/m0/s1. The van der Waals surface area contributed by atoms with Gasteiger partial charge in [0.25, 0.3) is 11.5 Å². The van der Waals surface area contributed by atoms with Crippen molar-refractivity contribution in [1.29, 1.82) is 0 Å². The number of benzene rings is 1. The van der Waals surface area contributed by atoms with Gasteiger partial charge in [0, 0.05) is 22.6 Å². The van der Waals surface area contributed by atoms with Gasteiger partial charge in [-0.15, -0.1) is 0 Å². The number of carbonyl (C=O) groups is 2. The number of pyridine rings is 2. The molecule has 2 N–H and O–H groups in total. The smallest absolute Gasteiger partial charge is 0.343 e. The van der Waals surface area contributed by atoms with E-state index in [0.29, 0.717) is 47.5 Å². The molecule has 0 saturated carbocycles. The number of cyclic esters (lactones) is 1. The van der Waals surface area contributed by atoms with Crippen LogP contribution in [0, 0.1) is 12.7 Å². The lowest BCUT2D eigenvalue weighted by atomic mass is 9.81. The third kappa shape index (κ3) is 4.84. The summed E-state index contributed by atoms with van der Waals surface area (Å²) in [6.07, 6.45) is 1.01. The molecule has 1 aliphatic carbocycles. The molecule has 1 unspecified atom stereocenters. The third-order valence-corrected chi connectivity index (χ3v) is 9.97.